The maximum atomic E-state index is 11.9. The number of aliphatic hydroxyl groups excluding tert-OH is 1. The molecule has 0 aliphatic heterocycles. The number of hydrogen-bond acceptors (Lipinski definition) is 5. The molecule has 1 aromatic carbocycles. The van der Waals surface area contributed by atoms with Crippen molar-refractivity contribution < 1.29 is 24.2 Å². The number of hydrogen-bond donors (Lipinski definition) is 3. The van der Waals surface area contributed by atoms with Gasteiger partial charge in [0, 0.05) is 0 Å². The summed E-state index contributed by atoms with van der Waals surface area (Å²) in [6.45, 7) is 3.05. The average molecular weight is 322 g/mol. The number of carbonyl (C=O) groups excluding carboxylic acids is 3. The van der Waals surface area contributed by atoms with Crippen LogP contribution in [0.5, 0.6) is 0 Å². The Morgan fingerprint density at radius 1 is 1.17 bits per heavy atom. The van der Waals surface area contributed by atoms with Gasteiger partial charge in [-0.05, 0) is 17.9 Å². The van der Waals surface area contributed by atoms with Crippen LogP contribution in [0.3, 0.4) is 0 Å². The molecule has 1 rings (SSSR count). The summed E-state index contributed by atoms with van der Waals surface area (Å²) >= 11 is 0. The average Bonchev–Trinajstić information content (AvgIpc) is 2.52. The number of rotatable bonds is 7. The van der Waals surface area contributed by atoms with Crippen LogP contribution in [-0.2, 0) is 20.9 Å². The monoisotopic (exact) mass is 322 g/mol. The molecule has 3 N–H and O–H groups in total. The summed E-state index contributed by atoms with van der Waals surface area (Å²) in [5.41, 5.74) is 0.822. The van der Waals surface area contributed by atoms with Crippen LogP contribution in [-0.4, -0.2) is 35.7 Å². The molecule has 0 saturated heterocycles. The minimum Gasteiger partial charge on any atom is -0.445 e. The van der Waals surface area contributed by atoms with Crippen LogP contribution in [0.4, 0.5) is 4.79 Å². The minimum atomic E-state index is -0.909. The molecule has 0 saturated carbocycles. The summed E-state index contributed by atoms with van der Waals surface area (Å²) in [5.74, 6) is -1.37. The van der Waals surface area contributed by atoms with E-state index in [1.165, 1.54) is 0 Å². The van der Waals surface area contributed by atoms with Gasteiger partial charge in [0.05, 0.1) is 0 Å². The molecule has 0 fully saturated rings. The van der Waals surface area contributed by atoms with Crippen LogP contribution in [0.15, 0.2) is 30.3 Å². The van der Waals surface area contributed by atoms with E-state index in [1.54, 1.807) is 0 Å². The first-order chi connectivity index (χ1) is 10.9. The summed E-state index contributed by atoms with van der Waals surface area (Å²) in [5, 5.41) is 13.1. The maximum absolute atomic E-state index is 11.9. The van der Waals surface area contributed by atoms with Crippen molar-refractivity contribution in [3.05, 3.63) is 35.9 Å². The molecular formula is C16H22N2O5. The van der Waals surface area contributed by atoms with Crippen molar-refractivity contribution in [3.63, 3.8) is 0 Å². The summed E-state index contributed by atoms with van der Waals surface area (Å²) < 4.78 is 5.06. The Bertz CT molecular complexity index is 531. The Labute approximate surface area is 135 Å². The van der Waals surface area contributed by atoms with E-state index in [4.69, 9.17) is 9.84 Å². The molecule has 23 heavy (non-hydrogen) atoms. The molecule has 0 unspecified atom stereocenters. The van der Waals surface area contributed by atoms with Gasteiger partial charge >= 0.3 is 6.09 Å². The zero-order chi connectivity index (χ0) is 17.2. The number of benzene rings is 1. The van der Waals surface area contributed by atoms with Gasteiger partial charge in [-0.25, -0.2) is 4.79 Å². The highest BCUT2D eigenvalue weighted by Gasteiger charge is 2.24. The standard InChI is InChI=1S/C16H22N2O5/c1-11(2)8-13(15(21)18-14(20)9-19)17-16(22)23-10-12-6-4-3-5-7-12/h3-7,11,13,19H,8-10H2,1-2H3,(H,17,22)(H,18,20,21)/t13-/m0/s1. The molecule has 7 heteroatoms. The third-order valence-electron chi connectivity index (χ3n) is 2.93. The molecular weight excluding hydrogens is 300 g/mol. The lowest BCUT2D eigenvalue weighted by atomic mass is 10.0. The van der Waals surface area contributed by atoms with Crippen LogP contribution in [0.1, 0.15) is 25.8 Å². The van der Waals surface area contributed by atoms with Crippen LogP contribution < -0.4 is 10.6 Å². The molecule has 1 atom stereocenters. The van der Waals surface area contributed by atoms with E-state index < -0.39 is 30.6 Å². The van der Waals surface area contributed by atoms with Gasteiger partial charge in [-0.2, -0.15) is 0 Å². The van der Waals surface area contributed by atoms with Crippen molar-refractivity contribution in [1.82, 2.24) is 10.6 Å². The van der Waals surface area contributed by atoms with E-state index in [1.807, 2.05) is 49.5 Å². The highest BCUT2D eigenvalue weighted by molar-refractivity contribution is 5.99. The number of ether oxygens (including phenoxy) is 1. The fraction of sp³-hybridized carbons (Fsp3) is 0.438. The molecule has 0 bridgehead atoms. The van der Waals surface area contributed by atoms with E-state index in [9.17, 15) is 14.4 Å². The van der Waals surface area contributed by atoms with Crippen molar-refractivity contribution >= 4 is 17.9 Å². The van der Waals surface area contributed by atoms with E-state index in [0.29, 0.717) is 6.42 Å². The molecule has 0 spiro atoms. The summed E-state index contributed by atoms with van der Waals surface area (Å²) in [4.78, 5) is 34.8. The van der Waals surface area contributed by atoms with E-state index >= 15 is 0 Å². The van der Waals surface area contributed by atoms with Crippen molar-refractivity contribution in [2.75, 3.05) is 6.61 Å². The van der Waals surface area contributed by atoms with Crippen LogP contribution >= 0.6 is 0 Å². The normalized spacial score (nSPS) is 11.7. The smallest absolute Gasteiger partial charge is 0.408 e. The third kappa shape index (κ3) is 7.42. The zero-order valence-electron chi connectivity index (χ0n) is 13.2. The summed E-state index contributed by atoms with van der Waals surface area (Å²) in [6.07, 6.45) is -0.406. The van der Waals surface area contributed by atoms with Gasteiger partial charge in [-0.15, -0.1) is 0 Å². The van der Waals surface area contributed by atoms with Gasteiger partial charge in [0.1, 0.15) is 19.3 Å². The van der Waals surface area contributed by atoms with Gasteiger partial charge in [0.25, 0.3) is 5.91 Å². The predicted octanol–water partition coefficient (Wildman–Crippen LogP) is 0.963. The van der Waals surface area contributed by atoms with Crippen molar-refractivity contribution in [1.29, 1.82) is 0 Å². The fourth-order valence-corrected chi connectivity index (χ4v) is 1.87. The predicted molar refractivity (Wildman–Crippen MR) is 83.2 cm³/mol. The quantitative estimate of drug-likeness (QED) is 0.693. The minimum absolute atomic E-state index is 0.0816. The lowest BCUT2D eigenvalue weighted by molar-refractivity contribution is -0.133. The lowest BCUT2D eigenvalue weighted by Gasteiger charge is -2.19. The second-order valence-corrected chi connectivity index (χ2v) is 5.46. The fourth-order valence-electron chi connectivity index (χ4n) is 1.87. The van der Waals surface area contributed by atoms with Gasteiger partial charge < -0.3 is 15.2 Å². The van der Waals surface area contributed by atoms with Crippen LogP contribution in [0.2, 0.25) is 0 Å². The number of nitrogens with one attached hydrogen (secondary N) is 2. The molecule has 0 heterocycles. The molecule has 3 amide bonds. The Morgan fingerprint density at radius 3 is 2.39 bits per heavy atom. The van der Waals surface area contributed by atoms with Crippen molar-refractivity contribution in [3.8, 4) is 0 Å². The molecule has 7 nitrogen and oxygen atoms in total. The van der Waals surface area contributed by atoms with Gasteiger partial charge in [-0.3, -0.25) is 14.9 Å². The summed E-state index contributed by atoms with van der Waals surface area (Å²) in [7, 11) is 0. The SMILES string of the molecule is CC(C)C[C@H](NC(=O)OCc1ccccc1)C(=O)NC(=O)CO. The molecule has 0 aliphatic rings. The lowest BCUT2D eigenvalue weighted by Crippen LogP contribution is -2.49. The van der Waals surface area contributed by atoms with Crippen LogP contribution in [0, 0.1) is 5.92 Å². The largest absolute Gasteiger partial charge is 0.445 e. The molecule has 0 aliphatic carbocycles. The number of alkyl carbamates (subject to hydrolysis) is 1. The van der Waals surface area contributed by atoms with E-state index in [2.05, 4.69) is 5.32 Å². The Morgan fingerprint density at radius 2 is 1.83 bits per heavy atom. The van der Waals surface area contributed by atoms with Gasteiger partial charge in [0.15, 0.2) is 0 Å². The van der Waals surface area contributed by atoms with Crippen LogP contribution in [0.25, 0.3) is 0 Å². The first-order valence-corrected chi connectivity index (χ1v) is 7.34. The van der Waals surface area contributed by atoms with E-state index in [-0.39, 0.29) is 12.5 Å². The Balaban J connectivity index is 2.56. The third-order valence-corrected chi connectivity index (χ3v) is 2.93. The Hall–Kier alpha value is -2.41. The number of aliphatic hydroxyl groups is 1. The first kappa shape index (κ1) is 18.6. The highest BCUT2D eigenvalue weighted by atomic mass is 16.5. The second kappa shape index (κ2) is 9.58. The van der Waals surface area contributed by atoms with E-state index in [0.717, 1.165) is 5.56 Å². The number of imide groups is 1. The number of carbonyl (C=O) groups is 3. The van der Waals surface area contributed by atoms with Gasteiger partial charge in [0.2, 0.25) is 5.91 Å². The molecule has 1 aromatic rings. The van der Waals surface area contributed by atoms with Crippen molar-refractivity contribution in [2.24, 2.45) is 5.92 Å². The second-order valence-electron chi connectivity index (χ2n) is 5.46. The van der Waals surface area contributed by atoms with Gasteiger partial charge in [-0.1, -0.05) is 44.2 Å². The molecule has 126 valence electrons. The topological polar surface area (TPSA) is 105 Å². The highest BCUT2D eigenvalue weighted by Crippen LogP contribution is 2.06. The molecule has 0 radical (unpaired) electrons. The van der Waals surface area contributed by atoms with Crippen molar-refractivity contribution in [2.45, 2.75) is 32.9 Å². The first-order valence-electron chi connectivity index (χ1n) is 7.34. The number of amides is 3. The molecule has 0 aromatic heterocycles. The maximum Gasteiger partial charge on any atom is 0.408 e. The zero-order valence-corrected chi connectivity index (χ0v) is 13.2. The summed E-state index contributed by atoms with van der Waals surface area (Å²) in [6, 6.07) is 8.22. The Kier molecular flexibility index (Phi) is 7.76.